The standard InChI is InChI=1S/C13H9ClIN3O2/c14-9-3-4-11(15)10(6-9)13(20)18-17-12(19)8-2-1-5-16-7-8/h1-7H,(H,17,19)(H,18,20). The number of benzene rings is 1. The van der Waals surface area contributed by atoms with E-state index >= 15 is 0 Å². The molecule has 0 aliphatic rings. The molecule has 0 saturated heterocycles. The maximum absolute atomic E-state index is 11.9. The van der Waals surface area contributed by atoms with Crippen molar-refractivity contribution in [2.75, 3.05) is 0 Å². The van der Waals surface area contributed by atoms with Gasteiger partial charge >= 0.3 is 0 Å². The molecule has 0 aliphatic carbocycles. The van der Waals surface area contributed by atoms with Crippen LogP contribution in [0.15, 0.2) is 42.7 Å². The zero-order valence-electron chi connectivity index (χ0n) is 10.1. The highest BCUT2D eigenvalue weighted by atomic mass is 127. The fourth-order valence-corrected chi connectivity index (χ4v) is 2.17. The average Bonchev–Trinajstić information content (AvgIpc) is 2.47. The number of halogens is 2. The zero-order chi connectivity index (χ0) is 14.5. The molecule has 2 rings (SSSR count). The van der Waals surface area contributed by atoms with Gasteiger partial charge in [-0.3, -0.25) is 25.4 Å². The summed E-state index contributed by atoms with van der Waals surface area (Å²) in [4.78, 5) is 27.5. The second kappa shape index (κ2) is 6.67. The van der Waals surface area contributed by atoms with Crippen molar-refractivity contribution in [1.29, 1.82) is 0 Å². The Morgan fingerprint density at radius 2 is 1.90 bits per heavy atom. The minimum atomic E-state index is -0.441. The SMILES string of the molecule is O=C(NNC(=O)c1cc(Cl)ccc1I)c1cccnc1. The molecule has 0 fully saturated rings. The molecule has 7 heteroatoms. The molecule has 2 amide bonds. The van der Waals surface area contributed by atoms with E-state index in [1.165, 1.54) is 12.3 Å². The molecule has 20 heavy (non-hydrogen) atoms. The number of nitrogens with zero attached hydrogens (tertiary/aromatic N) is 1. The topological polar surface area (TPSA) is 71.1 Å². The summed E-state index contributed by atoms with van der Waals surface area (Å²) in [5.41, 5.74) is 5.40. The quantitative estimate of drug-likeness (QED) is 0.600. The van der Waals surface area contributed by atoms with Crippen LogP contribution in [0.3, 0.4) is 0 Å². The second-order valence-corrected chi connectivity index (χ2v) is 5.37. The molecule has 102 valence electrons. The van der Waals surface area contributed by atoms with Crippen LogP contribution in [0.2, 0.25) is 5.02 Å². The summed E-state index contributed by atoms with van der Waals surface area (Å²) in [5.74, 6) is -0.877. The van der Waals surface area contributed by atoms with Crippen LogP contribution in [0.4, 0.5) is 0 Å². The molecule has 0 radical (unpaired) electrons. The molecule has 0 atom stereocenters. The van der Waals surface area contributed by atoms with Crippen molar-refractivity contribution in [3.8, 4) is 0 Å². The van der Waals surface area contributed by atoms with Gasteiger partial charge in [-0.05, 0) is 52.9 Å². The lowest BCUT2D eigenvalue weighted by Crippen LogP contribution is -2.41. The van der Waals surface area contributed by atoms with Crippen molar-refractivity contribution in [1.82, 2.24) is 15.8 Å². The van der Waals surface area contributed by atoms with Gasteiger partial charge in [0, 0.05) is 21.0 Å². The van der Waals surface area contributed by atoms with Crippen LogP contribution in [0, 0.1) is 3.57 Å². The third-order valence-electron chi connectivity index (χ3n) is 2.39. The van der Waals surface area contributed by atoms with E-state index in [1.807, 2.05) is 22.6 Å². The van der Waals surface area contributed by atoms with Crippen LogP contribution in [0.1, 0.15) is 20.7 Å². The summed E-state index contributed by atoms with van der Waals surface area (Å²) in [5, 5.41) is 0.453. The van der Waals surface area contributed by atoms with Crippen LogP contribution in [-0.2, 0) is 0 Å². The largest absolute Gasteiger partial charge is 0.271 e. The molecule has 1 aromatic carbocycles. The maximum Gasteiger partial charge on any atom is 0.271 e. The molecular weight excluding hydrogens is 393 g/mol. The Labute approximate surface area is 133 Å². The first-order valence-electron chi connectivity index (χ1n) is 5.53. The second-order valence-electron chi connectivity index (χ2n) is 3.77. The van der Waals surface area contributed by atoms with Gasteiger partial charge in [0.2, 0.25) is 0 Å². The van der Waals surface area contributed by atoms with Crippen LogP contribution in [-0.4, -0.2) is 16.8 Å². The van der Waals surface area contributed by atoms with E-state index in [0.717, 1.165) is 3.57 Å². The minimum Gasteiger partial charge on any atom is -0.267 e. The van der Waals surface area contributed by atoms with Gasteiger partial charge in [-0.1, -0.05) is 11.6 Å². The minimum absolute atomic E-state index is 0.355. The van der Waals surface area contributed by atoms with Crippen molar-refractivity contribution in [3.05, 3.63) is 62.4 Å². The molecular formula is C13H9ClIN3O2. The number of hydrogen-bond donors (Lipinski definition) is 2. The summed E-state index contributed by atoms with van der Waals surface area (Å²) in [7, 11) is 0. The molecule has 0 unspecified atom stereocenters. The molecule has 0 aliphatic heterocycles. The van der Waals surface area contributed by atoms with Gasteiger partial charge < -0.3 is 0 Å². The van der Waals surface area contributed by atoms with Gasteiger partial charge in [0.25, 0.3) is 11.8 Å². The number of amides is 2. The number of hydrazine groups is 1. The monoisotopic (exact) mass is 401 g/mol. The fourth-order valence-electron chi connectivity index (χ4n) is 1.42. The van der Waals surface area contributed by atoms with E-state index in [-0.39, 0.29) is 0 Å². The van der Waals surface area contributed by atoms with Crippen LogP contribution < -0.4 is 10.9 Å². The fraction of sp³-hybridized carbons (Fsp3) is 0. The average molecular weight is 402 g/mol. The number of pyridine rings is 1. The molecule has 0 bridgehead atoms. The van der Waals surface area contributed by atoms with Crippen molar-refractivity contribution in [2.45, 2.75) is 0 Å². The smallest absolute Gasteiger partial charge is 0.267 e. The Morgan fingerprint density at radius 1 is 1.15 bits per heavy atom. The Kier molecular flexibility index (Phi) is 4.91. The normalized spacial score (nSPS) is 9.90. The van der Waals surface area contributed by atoms with Crippen molar-refractivity contribution >= 4 is 46.0 Å². The van der Waals surface area contributed by atoms with Gasteiger partial charge in [0.1, 0.15) is 0 Å². The summed E-state index contributed by atoms with van der Waals surface area (Å²) < 4.78 is 0.736. The molecule has 1 aromatic heterocycles. The van der Waals surface area contributed by atoms with E-state index in [1.54, 1.807) is 30.5 Å². The number of rotatable bonds is 2. The van der Waals surface area contributed by atoms with Crippen LogP contribution >= 0.6 is 34.2 Å². The molecule has 0 saturated carbocycles. The highest BCUT2D eigenvalue weighted by Gasteiger charge is 2.12. The lowest BCUT2D eigenvalue weighted by molar-refractivity contribution is 0.0846. The van der Waals surface area contributed by atoms with Crippen molar-refractivity contribution < 1.29 is 9.59 Å². The Bertz CT molecular complexity index is 649. The summed E-state index contributed by atoms with van der Waals surface area (Å²) in [6, 6.07) is 8.18. The number of nitrogens with one attached hydrogen (secondary N) is 2. The van der Waals surface area contributed by atoms with Gasteiger partial charge in [-0.25, -0.2) is 0 Å². The molecule has 1 heterocycles. The van der Waals surface area contributed by atoms with E-state index in [0.29, 0.717) is 16.1 Å². The van der Waals surface area contributed by atoms with Crippen molar-refractivity contribution in [2.24, 2.45) is 0 Å². The van der Waals surface area contributed by atoms with E-state index < -0.39 is 11.8 Å². The van der Waals surface area contributed by atoms with Crippen molar-refractivity contribution in [3.63, 3.8) is 0 Å². The predicted molar refractivity (Wildman–Crippen MR) is 83.3 cm³/mol. The summed E-state index contributed by atoms with van der Waals surface area (Å²) in [6.07, 6.45) is 2.97. The first-order chi connectivity index (χ1) is 9.58. The molecule has 2 N–H and O–H groups in total. The van der Waals surface area contributed by atoms with Crippen LogP contribution in [0.25, 0.3) is 0 Å². The maximum atomic E-state index is 11.9. The summed E-state index contributed by atoms with van der Waals surface area (Å²) in [6.45, 7) is 0. The van der Waals surface area contributed by atoms with E-state index in [9.17, 15) is 9.59 Å². The van der Waals surface area contributed by atoms with E-state index in [4.69, 9.17) is 11.6 Å². The third-order valence-corrected chi connectivity index (χ3v) is 3.56. The Morgan fingerprint density at radius 3 is 2.60 bits per heavy atom. The van der Waals surface area contributed by atoms with E-state index in [2.05, 4.69) is 15.8 Å². The first kappa shape index (κ1) is 14.7. The first-order valence-corrected chi connectivity index (χ1v) is 6.99. The zero-order valence-corrected chi connectivity index (χ0v) is 13.0. The van der Waals surface area contributed by atoms with Crippen LogP contribution in [0.5, 0.6) is 0 Å². The van der Waals surface area contributed by atoms with Gasteiger partial charge in [0.15, 0.2) is 0 Å². The highest BCUT2D eigenvalue weighted by molar-refractivity contribution is 14.1. The molecule has 2 aromatic rings. The summed E-state index contributed by atoms with van der Waals surface area (Å²) >= 11 is 7.86. The predicted octanol–water partition coefficient (Wildman–Crippen LogP) is 2.41. The number of aromatic nitrogens is 1. The van der Waals surface area contributed by atoms with Gasteiger partial charge in [0.05, 0.1) is 11.1 Å². The lowest BCUT2D eigenvalue weighted by Gasteiger charge is -2.08. The highest BCUT2D eigenvalue weighted by Crippen LogP contribution is 2.17. The molecule has 5 nitrogen and oxygen atoms in total. The van der Waals surface area contributed by atoms with Gasteiger partial charge in [-0.15, -0.1) is 0 Å². The van der Waals surface area contributed by atoms with Gasteiger partial charge in [-0.2, -0.15) is 0 Å². The molecule has 0 spiro atoms. The lowest BCUT2D eigenvalue weighted by atomic mass is 10.2. The Balaban J connectivity index is 2.02. The Hall–Kier alpha value is -1.67. The number of carbonyl (C=O) groups is 2. The number of carbonyl (C=O) groups excluding carboxylic acids is 2. The third kappa shape index (κ3) is 3.67. The number of hydrogen-bond acceptors (Lipinski definition) is 3.